The van der Waals surface area contributed by atoms with Crippen LogP contribution in [0.5, 0.6) is 0 Å². The monoisotopic (exact) mass is 470 g/mol. The number of amides is 1. The van der Waals surface area contributed by atoms with E-state index in [1.807, 2.05) is 29.2 Å². The number of piperidine rings is 1. The van der Waals surface area contributed by atoms with Gasteiger partial charge in [0.1, 0.15) is 5.82 Å². The summed E-state index contributed by atoms with van der Waals surface area (Å²) in [6.07, 6.45) is 6.33. The lowest BCUT2D eigenvalue weighted by Crippen LogP contribution is -2.47. The van der Waals surface area contributed by atoms with Crippen molar-refractivity contribution in [2.24, 2.45) is 0 Å². The van der Waals surface area contributed by atoms with E-state index in [9.17, 15) is 4.79 Å². The number of pyridine rings is 1. The summed E-state index contributed by atoms with van der Waals surface area (Å²) in [5.74, 6) is 0.926. The molecule has 7 nitrogen and oxygen atoms in total. The van der Waals surface area contributed by atoms with E-state index >= 15 is 0 Å². The summed E-state index contributed by atoms with van der Waals surface area (Å²) in [6, 6.07) is 9.85. The van der Waals surface area contributed by atoms with Gasteiger partial charge in [-0.3, -0.25) is 9.78 Å². The minimum atomic E-state index is -0.482. The fourth-order valence-electron chi connectivity index (χ4n) is 4.96. The molecule has 1 spiro atoms. The van der Waals surface area contributed by atoms with Crippen LogP contribution < -0.4 is 10.2 Å². The summed E-state index contributed by atoms with van der Waals surface area (Å²) >= 11 is 6.19. The Morgan fingerprint density at radius 1 is 1.25 bits per heavy atom. The first kappa shape index (κ1) is 22.5. The molecule has 0 radical (unpaired) electrons. The van der Waals surface area contributed by atoms with Crippen molar-refractivity contribution in [2.45, 2.75) is 44.2 Å². The number of nitriles is 1. The van der Waals surface area contributed by atoms with Crippen LogP contribution in [-0.2, 0) is 23.3 Å². The Labute approximate surface area is 197 Å². The summed E-state index contributed by atoms with van der Waals surface area (Å²) < 4.78 is 2.11. The molecule has 0 saturated carbocycles. The van der Waals surface area contributed by atoms with E-state index in [-0.39, 0.29) is 18.3 Å². The van der Waals surface area contributed by atoms with Gasteiger partial charge in [-0.05, 0) is 62.2 Å². The van der Waals surface area contributed by atoms with Gasteiger partial charge in [-0.25, -0.2) is 4.98 Å². The fraction of sp³-hybridized carbons (Fsp3) is 0.391. The Bertz CT molecular complexity index is 1190. The number of carbonyl (C=O) groups excluding carboxylic acids is 1. The number of rotatable bonds is 5. The van der Waals surface area contributed by atoms with Crippen LogP contribution in [0.15, 0.2) is 36.7 Å². The zero-order valence-corrected chi connectivity index (χ0v) is 19.1. The molecule has 0 unspecified atom stereocenters. The second-order valence-electron chi connectivity index (χ2n) is 8.19. The first-order valence-corrected chi connectivity index (χ1v) is 11.0. The summed E-state index contributed by atoms with van der Waals surface area (Å²) in [5, 5.41) is 13.0. The number of anilines is 1. The van der Waals surface area contributed by atoms with Crippen LogP contribution in [0.2, 0.25) is 5.02 Å². The van der Waals surface area contributed by atoms with E-state index in [0.29, 0.717) is 24.5 Å². The maximum Gasteiger partial charge on any atom is 0.238 e. The maximum atomic E-state index is 13.8. The minimum Gasteiger partial charge on any atom is -0.326 e. The molecule has 3 aromatic rings. The average molecular weight is 471 g/mol. The zero-order chi connectivity index (χ0) is 21.4. The number of imidazole rings is 1. The number of hydrogen-bond acceptors (Lipinski definition) is 5. The third-order valence-electron chi connectivity index (χ3n) is 6.48. The first-order chi connectivity index (χ1) is 15.1. The molecule has 1 N–H and O–H groups in total. The molecule has 0 atom stereocenters. The summed E-state index contributed by atoms with van der Waals surface area (Å²) in [4.78, 5) is 24.7. The molecular formula is C23H24Cl2N6O. The lowest BCUT2D eigenvalue weighted by atomic mass is 9.74. The van der Waals surface area contributed by atoms with Gasteiger partial charge >= 0.3 is 0 Å². The molecule has 1 aromatic carbocycles. The molecule has 1 fully saturated rings. The number of halogens is 2. The van der Waals surface area contributed by atoms with Gasteiger partial charge in [0.2, 0.25) is 5.91 Å². The van der Waals surface area contributed by atoms with Crippen LogP contribution >= 0.6 is 24.0 Å². The molecule has 5 rings (SSSR count). The molecule has 2 aliphatic rings. The van der Waals surface area contributed by atoms with Crippen LogP contribution in [-0.4, -0.2) is 33.5 Å². The molecule has 2 aliphatic heterocycles. The van der Waals surface area contributed by atoms with E-state index in [1.54, 1.807) is 12.4 Å². The molecule has 1 saturated heterocycles. The number of carbonyl (C=O) groups is 1. The highest BCUT2D eigenvalue weighted by Gasteiger charge is 2.51. The molecule has 0 bridgehead atoms. The van der Waals surface area contributed by atoms with Gasteiger partial charge in [-0.2, -0.15) is 5.26 Å². The Hall–Kier alpha value is -2.66. The predicted octanol–water partition coefficient (Wildman–Crippen LogP) is 3.98. The molecule has 2 aromatic heterocycles. The molecule has 4 heterocycles. The number of aromatic nitrogens is 3. The van der Waals surface area contributed by atoms with Crippen molar-refractivity contribution in [1.29, 1.82) is 5.26 Å². The van der Waals surface area contributed by atoms with Gasteiger partial charge in [-0.15, -0.1) is 12.4 Å². The highest BCUT2D eigenvalue weighted by atomic mass is 35.5. The van der Waals surface area contributed by atoms with Crippen molar-refractivity contribution in [3.05, 3.63) is 53.1 Å². The van der Waals surface area contributed by atoms with Crippen molar-refractivity contribution < 1.29 is 4.79 Å². The van der Waals surface area contributed by atoms with Crippen molar-refractivity contribution in [3.63, 3.8) is 0 Å². The van der Waals surface area contributed by atoms with Gasteiger partial charge in [0, 0.05) is 24.2 Å². The number of nitrogens with zero attached hydrogens (tertiary/aromatic N) is 5. The van der Waals surface area contributed by atoms with Crippen LogP contribution in [0.25, 0.3) is 11.0 Å². The SMILES string of the molecule is Cl.N#CCCCn1c(CN2C(=O)C3(CCNCC3)c3ccncc32)nc2cc(Cl)ccc21. The average Bonchev–Trinajstić information content (AvgIpc) is 3.23. The van der Waals surface area contributed by atoms with E-state index in [1.165, 1.54) is 0 Å². The maximum absolute atomic E-state index is 13.8. The van der Waals surface area contributed by atoms with Gasteiger partial charge < -0.3 is 14.8 Å². The van der Waals surface area contributed by atoms with Crippen molar-refractivity contribution in [1.82, 2.24) is 19.9 Å². The van der Waals surface area contributed by atoms with Crippen LogP contribution in [0.3, 0.4) is 0 Å². The van der Waals surface area contributed by atoms with Crippen LogP contribution in [0.1, 0.15) is 37.1 Å². The quantitative estimate of drug-likeness (QED) is 0.569. The first-order valence-electron chi connectivity index (χ1n) is 10.6. The number of hydrogen-bond donors (Lipinski definition) is 1. The second kappa shape index (κ2) is 9.07. The molecular weight excluding hydrogens is 447 g/mol. The number of aryl methyl sites for hydroxylation is 1. The second-order valence-corrected chi connectivity index (χ2v) is 8.63. The van der Waals surface area contributed by atoms with E-state index in [4.69, 9.17) is 21.8 Å². The highest BCUT2D eigenvalue weighted by Crippen LogP contribution is 2.47. The number of fused-ring (bicyclic) bond motifs is 3. The lowest BCUT2D eigenvalue weighted by molar-refractivity contribution is -0.124. The normalized spacial score (nSPS) is 16.8. The van der Waals surface area contributed by atoms with Gasteiger partial charge in [-0.1, -0.05) is 11.6 Å². The Morgan fingerprint density at radius 2 is 2.06 bits per heavy atom. The van der Waals surface area contributed by atoms with Crippen LogP contribution in [0.4, 0.5) is 5.69 Å². The highest BCUT2D eigenvalue weighted by molar-refractivity contribution is 6.31. The number of nitrogens with one attached hydrogen (secondary N) is 1. The van der Waals surface area contributed by atoms with E-state index < -0.39 is 5.41 Å². The minimum absolute atomic E-state index is 0. The predicted molar refractivity (Wildman–Crippen MR) is 126 cm³/mol. The van der Waals surface area contributed by atoms with Gasteiger partial charge in [0.05, 0.1) is 40.9 Å². The third kappa shape index (κ3) is 3.62. The molecule has 166 valence electrons. The van der Waals surface area contributed by atoms with Gasteiger partial charge in [0.15, 0.2) is 0 Å². The summed E-state index contributed by atoms with van der Waals surface area (Å²) in [6.45, 7) is 2.68. The number of benzene rings is 1. The largest absolute Gasteiger partial charge is 0.326 e. The summed E-state index contributed by atoms with van der Waals surface area (Å²) in [5.41, 5.74) is 3.23. The summed E-state index contributed by atoms with van der Waals surface area (Å²) in [7, 11) is 0. The molecule has 0 aliphatic carbocycles. The van der Waals surface area contributed by atoms with Crippen molar-refractivity contribution in [2.75, 3.05) is 18.0 Å². The van der Waals surface area contributed by atoms with Crippen LogP contribution in [0, 0.1) is 11.3 Å². The number of unbranched alkanes of at least 4 members (excludes halogenated alkanes) is 1. The smallest absolute Gasteiger partial charge is 0.238 e. The fourth-order valence-corrected chi connectivity index (χ4v) is 5.13. The molecule has 1 amide bonds. The zero-order valence-electron chi connectivity index (χ0n) is 17.6. The van der Waals surface area contributed by atoms with Crippen molar-refractivity contribution >= 4 is 46.6 Å². The third-order valence-corrected chi connectivity index (χ3v) is 6.71. The molecule has 32 heavy (non-hydrogen) atoms. The van der Waals surface area contributed by atoms with E-state index in [0.717, 1.165) is 60.5 Å². The standard InChI is InChI=1S/C23H23ClN6O.ClH/c24-16-3-4-19-18(13-16)28-21(29(19)12-2-1-8-25)15-30-20-14-27-9-5-17(20)23(22(30)31)6-10-26-11-7-23;/h3-5,9,13-14,26H,1-2,6-7,10-12,15H2;1H. The van der Waals surface area contributed by atoms with Gasteiger partial charge in [0.25, 0.3) is 0 Å². The van der Waals surface area contributed by atoms with Crippen molar-refractivity contribution in [3.8, 4) is 6.07 Å². The Morgan fingerprint density at radius 3 is 2.84 bits per heavy atom. The topological polar surface area (TPSA) is 86.8 Å². The Balaban J connectivity index is 0.00000245. The molecule has 9 heteroatoms. The lowest BCUT2D eigenvalue weighted by Gasteiger charge is -2.33. The van der Waals surface area contributed by atoms with E-state index in [2.05, 4.69) is 20.9 Å². The Kier molecular flexibility index (Phi) is 6.38.